The fourth-order valence-electron chi connectivity index (χ4n) is 1.41. The average molecular weight is 276 g/mol. The Morgan fingerprint density at radius 3 is 2.79 bits per heavy atom. The van der Waals surface area contributed by atoms with Crippen molar-refractivity contribution in [1.82, 2.24) is 5.32 Å². The highest BCUT2D eigenvalue weighted by Crippen LogP contribution is 2.02. The van der Waals surface area contributed by atoms with Gasteiger partial charge in [-0.05, 0) is 32.6 Å². The van der Waals surface area contributed by atoms with Crippen LogP contribution in [0.25, 0.3) is 0 Å². The zero-order chi connectivity index (χ0) is 14.5. The number of amides is 1. The first kappa shape index (κ1) is 17.1. The van der Waals surface area contributed by atoms with E-state index in [0.29, 0.717) is 19.4 Å². The molecule has 8 nitrogen and oxygen atoms in total. The molecule has 0 aromatic rings. The second-order valence-corrected chi connectivity index (χ2v) is 4.05. The van der Waals surface area contributed by atoms with Gasteiger partial charge >= 0.3 is 0 Å². The number of nitrogens with one attached hydrogen (secondary N) is 1. The summed E-state index contributed by atoms with van der Waals surface area (Å²) in [5.41, 5.74) is 0. The highest BCUT2D eigenvalue weighted by molar-refractivity contribution is 5.75. The molecule has 0 heterocycles. The molecule has 1 unspecified atom stereocenters. The van der Waals surface area contributed by atoms with Crippen LogP contribution in [-0.2, 0) is 19.2 Å². The largest absolute Gasteiger partial charge is 0.465 e. The molecule has 0 rings (SSSR count). The summed E-state index contributed by atoms with van der Waals surface area (Å²) < 4.78 is 4.72. The Labute approximate surface area is 111 Å². The number of ether oxygens (including phenoxy) is 1. The Morgan fingerprint density at radius 2 is 2.16 bits per heavy atom. The first-order valence-electron chi connectivity index (χ1n) is 6.19. The first-order valence-corrected chi connectivity index (χ1v) is 6.19. The van der Waals surface area contributed by atoms with Gasteiger partial charge in [0.2, 0.25) is 5.91 Å². The summed E-state index contributed by atoms with van der Waals surface area (Å²) in [6, 6.07) is 0. The minimum Gasteiger partial charge on any atom is -0.465 e. The van der Waals surface area contributed by atoms with Crippen LogP contribution >= 0.6 is 0 Å². The van der Waals surface area contributed by atoms with E-state index in [2.05, 4.69) is 10.2 Å². The summed E-state index contributed by atoms with van der Waals surface area (Å²) >= 11 is 0. The summed E-state index contributed by atoms with van der Waals surface area (Å²) in [6.45, 7) is 2.71. The van der Waals surface area contributed by atoms with E-state index in [0.717, 1.165) is 19.3 Å². The smallest absolute Gasteiger partial charge is 0.294 e. The molecular formula is C11H20N2O6. The van der Waals surface area contributed by atoms with Gasteiger partial charge in [-0.25, -0.2) is 0 Å². The number of hydrogen-bond acceptors (Lipinski definition) is 6. The van der Waals surface area contributed by atoms with Gasteiger partial charge in [-0.3, -0.25) is 9.59 Å². The Balaban J connectivity index is 3.33. The topological polar surface area (TPSA) is 108 Å². The van der Waals surface area contributed by atoms with Crippen LogP contribution in [0, 0.1) is 10.1 Å². The molecule has 1 atom stereocenters. The highest BCUT2D eigenvalue weighted by atomic mass is 16.9. The minimum absolute atomic E-state index is 0.0685. The number of carbonyl (C=O) groups excluding carboxylic acids is 2. The normalized spacial score (nSPS) is 11.4. The number of carbonyl (C=O) groups is 2. The zero-order valence-corrected chi connectivity index (χ0v) is 11.0. The van der Waals surface area contributed by atoms with Gasteiger partial charge in [0.15, 0.2) is 0 Å². The zero-order valence-electron chi connectivity index (χ0n) is 11.0. The van der Waals surface area contributed by atoms with E-state index < -0.39 is 5.09 Å². The molecular weight excluding hydrogens is 256 g/mol. The van der Waals surface area contributed by atoms with Crippen LogP contribution in [0.1, 0.15) is 39.0 Å². The average Bonchev–Trinajstić information content (AvgIpc) is 2.34. The molecule has 110 valence electrons. The van der Waals surface area contributed by atoms with Gasteiger partial charge in [0.1, 0.15) is 0 Å². The van der Waals surface area contributed by atoms with Crippen molar-refractivity contribution in [2.24, 2.45) is 0 Å². The van der Waals surface area contributed by atoms with E-state index in [1.165, 1.54) is 0 Å². The highest BCUT2D eigenvalue weighted by Gasteiger charge is 2.03. The van der Waals surface area contributed by atoms with Crippen LogP contribution in [0.4, 0.5) is 0 Å². The van der Waals surface area contributed by atoms with Crippen molar-refractivity contribution in [2.75, 3.05) is 13.2 Å². The molecule has 0 fully saturated rings. The van der Waals surface area contributed by atoms with Crippen LogP contribution in [0.15, 0.2) is 0 Å². The Hall–Kier alpha value is -1.86. The summed E-state index contributed by atoms with van der Waals surface area (Å²) in [5.74, 6) is -0.149. The van der Waals surface area contributed by atoms with Crippen molar-refractivity contribution in [2.45, 2.75) is 45.1 Å². The van der Waals surface area contributed by atoms with Gasteiger partial charge in [-0.1, -0.05) is 0 Å². The molecule has 8 heteroatoms. The molecule has 1 amide bonds. The van der Waals surface area contributed by atoms with E-state index in [1.54, 1.807) is 0 Å². The monoisotopic (exact) mass is 276 g/mol. The van der Waals surface area contributed by atoms with Crippen molar-refractivity contribution in [3.63, 3.8) is 0 Å². The molecule has 0 saturated carbocycles. The molecule has 19 heavy (non-hydrogen) atoms. The lowest BCUT2D eigenvalue weighted by molar-refractivity contribution is -0.757. The Morgan fingerprint density at radius 1 is 1.42 bits per heavy atom. The number of nitrogens with zero attached hydrogens (tertiary/aromatic N) is 1. The Kier molecular flexibility index (Phi) is 10.1. The summed E-state index contributed by atoms with van der Waals surface area (Å²) in [4.78, 5) is 35.2. The third-order valence-corrected chi connectivity index (χ3v) is 2.39. The standard InChI is InChI=1S/C11H20N2O6/c1-10(18-9-14)5-2-3-7-12-11(15)6-4-8-19-13(16)17/h9-10H,2-8H2,1H3,(H,12,15). The molecule has 0 aliphatic heterocycles. The van der Waals surface area contributed by atoms with Crippen molar-refractivity contribution < 1.29 is 24.3 Å². The number of hydrogen-bond donors (Lipinski definition) is 1. The van der Waals surface area contributed by atoms with E-state index in [-0.39, 0.29) is 25.0 Å². The van der Waals surface area contributed by atoms with Crippen LogP contribution in [0.3, 0.4) is 0 Å². The fourth-order valence-corrected chi connectivity index (χ4v) is 1.41. The lowest BCUT2D eigenvalue weighted by Crippen LogP contribution is -2.24. The van der Waals surface area contributed by atoms with Crippen LogP contribution < -0.4 is 5.32 Å². The lowest BCUT2D eigenvalue weighted by Gasteiger charge is -2.09. The quantitative estimate of drug-likeness (QED) is 0.245. The number of unbranched alkanes of at least 4 members (excludes halogenated alkanes) is 1. The lowest BCUT2D eigenvalue weighted by atomic mass is 10.2. The molecule has 0 aliphatic carbocycles. The molecule has 1 N–H and O–H groups in total. The summed E-state index contributed by atoms with van der Waals surface area (Å²) in [6.07, 6.45) is 2.82. The van der Waals surface area contributed by atoms with Crippen LogP contribution in [-0.4, -0.2) is 36.7 Å². The molecule has 0 aromatic heterocycles. The van der Waals surface area contributed by atoms with Crippen molar-refractivity contribution in [1.29, 1.82) is 0 Å². The third-order valence-electron chi connectivity index (χ3n) is 2.39. The maximum atomic E-state index is 11.3. The van der Waals surface area contributed by atoms with Crippen LogP contribution in [0.2, 0.25) is 0 Å². The van der Waals surface area contributed by atoms with Crippen LogP contribution in [0.5, 0.6) is 0 Å². The van der Waals surface area contributed by atoms with Crippen molar-refractivity contribution in [3.05, 3.63) is 10.1 Å². The summed E-state index contributed by atoms with van der Waals surface area (Å²) in [5, 5.41) is 11.7. The maximum absolute atomic E-state index is 11.3. The molecule has 0 aromatic carbocycles. The molecule has 0 saturated heterocycles. The molecule has 0 radical (unpaired) electrons. The van der Waals surface area contributed by atoms with Gasteiger partial charge < -0.3 is 14.9 Å². The molecule has 0 aliphatic rings. The van der Waals surface area contributed by atoms with Gasteiger partial charge in [0.25, 0.3) is 11.6 Å². The second-order valence-electron chi connectivity index (χ2n) is 4.05. The van der Waals surface area contributed by atoms with Gasteiger partial charge in [-0.2, -0.15) is 0 Å². The van der Waals surface area contributed by atoms with Crippen molar-refractivity contribution in [3.8, 4) is 0 Å². The molecule has 0 spiro atoms. The Bertz CT molecular complexity index is 284. The van der Waals surface area contributed by atoms with Crippen molar-refractivity contribution >= 4 is 12.4 Å². The predicted molar refractivity (Wildman–Crippen MR) is 65.7 cm³/mol. The van der Waals surface area contributed by atoms with E-state index in [1.807, 2.05) is 6.92 Å². The van der Waals surface area contributed by atoms with E-state index >= 15 is 0 Å². The third kappa shape index (κ3) is 12.4. The van der Waals surface area contributed by atoms with Gasteiger partial charge in [0, 0.05) is 13.0 Å². The SMILES string of the molecule is CC(CCCCNC(=O)CCCO[N+](=O)[O-])OC=O. The summed E-state index contributed by atoms with van der Waals surface area (Å²) in [7, 11) is 0. The minimum atomic E-state index is -0.875. The van der Waals surface area contributed by atoms with E-state index in [4.69, 9.17) is 4.74 Å². The predicted octanol–water partition coefficient (Wildman–Crippen LogP) is 0.823. The van der Waals surface area contributed by atoms with Gasteiger partial charge in [0.05, 0.1) is 12.7 Å². The first-order chi connectivity index (χ1) is 9.06. The fraction of sp³-hybridized carbons (Fsp3) is 0.818. The molecule has 0 bridgehead atoms. The number of rotatable bonds is 12. The van der Waals surface area contributed by atoms with Gasteiger partial charge in [-0.15, -0.1) is 10.1 Å². The maximum Gasteiger partial charge on any atom is 0.294 e. The van der Waals surface area contributed by atoms with E-state index in [9.17, 15) is 19.7 Å². The second kappa shape index (κ2) is 11.2.